The van der Waals surface area contributed by atoms with E-state index in [1.807, 2.05) is 0 Å². The Labute approximate surface area is 110 Å². The number of benzene rings is 1. The number of aliphatic carboxylic acids is 1. The predicted molar refractivity (Wildman–Crippen MR) is 65.7 cm³/mol. The van der Waals surface area contributed by atoms with Crippen LogP contribution in [0.4, 0.5) is 0 Å². The summed E-state index contributed by atoms with van der Waals surface area (Å²) in [4.78, 5) is 10.6. The van der Waals surface area contributed by atoms with Crippen LogP contribution in [0, 0.1) is 0 Å². The van der Waals surface area contributed by atoms with Crippen molar-refractivity contribution < 1.29 is 23.1 Å². The van der Waals surface area contributed by atoms with Gasteiger partial charge in [-0.1, -0.05) is 12.1 Å². The first-order valence-corrected chi connectivity index (χ1v) is 7.09. The van der Waals surface area contributed by atoms with Crippen molar-refractivity contribution in [1.82, 2.24) is 0 Å². The Morgan fingerprint density at radius 2 is 2.16 bits per heavy atom. The average Bonchev–Trinajstić information content (AvgIpc) is 3.09. The second-order valence-electron chi connectivity index (χ2n) is 4.37. The molecule has 8 heteroatoms. The van der Waals surface area contributed by atoms with E-state index in [0.717, 1.165) is 0 Å². The summed E-state index contributed by atoms with van der Waals surface area (Å²) in [5, 5.41) is 13.8. The second kappa shape index (κ2) is 4.89. The maximum absolute atomic E-state index is 11.4. The lowest BCUT2D eigenvalue weighted by Gasteiger charge is -2.13. The number of nitrogens with two attached hydrogens (primary N) is 2. The molecule has 1 aromatic rings. The maximum atomic E-state index is 11.4. The van der Waals surface area contributed by atoms with Gasteiger partial charge in [-0.05, 0) is 11.6 Å². The van der Waals surface area contributed by atoms with Crippen LogP contribution in [-0.4, -0.2) is 26.1 Å². The number of carboxylic acid groups (broad SMARTS) is 1. The van der Waals surface area contributed by atoms with E-state index in [0.29, 0.717) is 17.7 Å². The van der Waals surface area contributed by atoms with Crippen molar-refractivity contribution in [2.24, 2.45) is 10.9 Å². The van der Waals surface area contributed by atoms with Crippen LogP contribution < -0.4 is 10.9 Å². The number of carboxylic acids is 1. The van der Waals surface area contributed by atoms with Crippen molar-refractivity contribution in [3.63, 3.8) is 0 Å². The number of sulfonamides is 1. The molecular weight excluding hydrogens is 272 g/mol. The Morgan fingerprint density at radius 3 is 2.63 bits per heavy atom. The molecule has 0 radical (unpaired) electrons. The first-order valence-electron chi connectivity index (χ1n) is 5.54. The quantitative estimate of drug-likeness (QED) is 0.645. The molecule has 0 aromatic heterocycles. The minimum absolute atomic E-state index is 0.0127. The summed E-state index contributed by atoms with van der Waals surface area (Å²) < 4.78 is 28.0. The Kier molecular flexibility index (Phi) is 3.59. The van der Waals surface area contributed by atoms with E-state index < -0.39 is 22.0 Å². The lowest BCUT2D eigenvalue weighted by atomic mass is 10.0. The molecule has 0 saturated carbocycles. The van der Waals surface area contributed by atoms with Crippen molar-refractivity contribution in [3.05, 3.63) is 29.3 Å². The van der Waals surface area contributed by atoms with Crippen LogP contribution in [0.15, 0.2) is 23.1 Å². The Hall–Kier alpha value is -1.48. The molecule has 1 aliphatic heterocycles. The van der Waals surface area contributed by atoms with Crippen LogP contribution in [0.25, 0.3) is 0 Å². The van der Waals surface area contributed by atoms with Gasteiger partial charge in [-0.25, -0.2) is 13.6 Å². The van der Waals surface area contributed by atoms with Gasteiger partial charge < -0.3 is 15.6 Å². The molecule has 7 nitrogen and oxygen atoms in total. The number of hydrogen-bond acceptors (Lipinski definition) is 5. The average molecular weight is 286 g/mol. The third-order valence-corrected chi connectivity index (χ3v) is 3.83. The van der Waals surface area contributed by atoms with Crippen LogP contribution >= 0.6 is 0 Å². The summed E-state index contributed by atoms with van der Waals surface area (Å²) in [5.41, 5.74) is 6.72. The molecule has 104 valence electrons. The molecule has 1 saturated heterocycles. The number of epoxide rings is 1. The molecule has 1 fully saturated rings. The molecule has 19 heavy (non-hydrogen) atoms. The smallest absolute Gasteiger partial charge is 0.305 e. The molecule has 2 rings (SSSR count). The van der Waals surface area contributed by atoms with Crippen LogP contribution in [0.5, 0.6) is 0 Å². The van der Waals surface area contributed by atoms with E-state index >= 15 is 0 Å². The van der Waals surface area contributed by atoms with E-state index in [1.165, 1.54) is 12.1 Å². The standard InChI is InChI=1S/C11H14N2O5S/c12-8(4-11(14)15)6-1-2-10(19(13,16)17)7(3-6)9-5-18-9/h1-3,8-9H,4-5,12H2,(H,14,15)(H2,13,16,17). The highest BCUT2D eigenvalue weighted by Gasteiger charge is 2.31. The lowest BCUT2D eigenvalue weighted by Crippen LogP contribution is -2.18. The largest absolute Gasteiger partial charge is 0.481 e. The zero-order chi connectivity index (χ0) is 14.2. The molecule has 1 heterocycles. The fourth-order valence-corrected chi connectivity index (χ4v) is 2.62. The highest BCUT2D eigenvalue weighted by Crippen LogP contribution is 2.35. The maximum Gasteiger partial charge on any atom is 0.305 e. The van der Waals surface area contributed by atoms with E-state index in [2.05, 4.69) is 0 Å². The van der Waals surface area contributed by atoms with Gasteiger partial charge in [0.2, 0.25) is 10.0 Å². The zero-order valence-electron chi connectivity index (χ0n) is 9.94. The molecule has 0 aliphatic carbocycles. The van der Waals surface area contributed by atoms with Crippen molar-refractivity contribution >= 4 is 16.0 Å². The number of hydrogen-bond donors (Lipinski definition) is 3. The Morgan fingerprint density at radius 1 is 1.53 bits per heavy atom. The fourth-order valence-electron chi connectivity index (χ4n) is 1.84. The van der Waals surface area contributed by atoms with E-state index in [1.54, 1.807) is 6.07 Å². The van der Waals surface area contributed by atoms with Crippen molar-refractivity contribution in [2.45, 2.75) is 23.5 Å². The summed E-state index contributed by atoms with van der Waals surface area (Å²) in [7, 11) is -3.84. The summed E-state index contributed by atoms with van der Waals surface area (Å²) in [5.74, 6) is -1.02. The first-order chi connectivity index (χ1) is 8.79. The van der Waals surface area contributed by atoms with Gasteiger partial charge in [-0.3, -0.25) is 4.79 Å². The number of carbonyl (C=O) groups is 1. The highest BCUT2D eigenvalue weighted by molar-refractivity contribution is 7.89. The van der Waals surface area contributed by atoms with Crippen LogP contribution in [0.3, 0.4) is 0 Å². The fraction of sp³-hybridized carbons (Fsp3) is 0.364. The molecule has 1 aliphatic rings. The van der Waals surface area contributed by atoms with Crippen molar-refractivity contribution in [2.75, 3.05) is 6.61 Å². The van der Waals surface area contributed by atoms with Gasteiger partial charge >= 0.3 is 5.97 Å². The second-order valence-corrected chi connectivity index (χ2v) is 5.90. The number of rotatable bonds is 5. The third-order valence-electron chi connectivity index (χ3n) is 2.84. The molecule has 0 spiro atoms. The predicted octanol–water partition coefficient (Wildman–Crippen LogP) is -0.120. The normalized spacial score (nSPS) is 20.0. The SMILES string of the molecule is NC(CC(=O)O)c1ccc(S(N)(=O)=O)c(C2CO2)c1. The van der Waals surface area contributed by atoms with Gasteiger partial charge in [0.25, 0.3) is 0 Å². The van der Waals surface area contributed by atoms with Gasteiger partial charge in [0.1, 0.15) is 6.10 Å². The van der Waals surface area contributed by atoms with Crippen LogP contribution in [-0.2, 0) is 19.6 Å². The summed E-state index contributed by atoms with van der Waals surface area (Å²) in [6.07, 6.45) is -0.551. The molecule has 0 bridgehead atoms. The molecule has 5 N–H and O–H groups in total. The molecule has 1 aromatic carbocycles. The Bertz CT molecular complexity index is 610. The minimum Gasteiger partial charge on any atom is -0.481 e. The summed E-state index contributed by atoms with van der Waals surface area (Å²) in [6.45, 7) is 0.417. The summed E-state index contributed by atoms with van der Waals surface area (Å²) >= 11 is 0. The van der Waals surface area contributed by atoms with Crippen molar-refractivity contribution in [3.8, 4) is 0 Å². The van der Waals surface area contributed by atoms with Crippen LogP contribution in [0.1, 0.15) is 29.7 Å². The van der Waals surface area contributed by atoms with Gasteiger partial charge in [-0.15, -0.1) is 0 Å². The molecule has 2 atom stereocenters. The molecule has 0 amide bonds. The topological polar surface area (TPSA) is 136 Å². The van der Waals surface area contributed by atoms with E-state index in [4.69, 9.17) is 20.7 Å². The number of ether oxygens (including phenoxy) is 1. The van der Waals surface area contributed by atoms with Gasteiger partial charge in [0.05, 0.1) is 17.9 Å². The van der Waals surface area contributed by atoms with Gasteiger partial charge in [0, 0.05) is 11.6 Å². The monoisotopic (exact) mass is 286 g/mol. The first kappa shape index (κ1) is 13.9. The number of primary sulfonamides is 1. The Balaban J connectivity index is 2.39. The summed E-state index contributed by atoms with van der Waals surface area (Å²) in [6, 6.07) is 3.65. The van der Waals surface area contributed by atoms with Crippen molar-refractivity contribution in [1.29, 1.82) is 0 Å². The van der Waals surface area contributed by atoms with Gasteiger partial charge in [0.15, 0.2) is 0 Å². The zero-order valence-corrected chi connectivity index (χ0v) is 10.8. The minimum atomic E-state index is -3.84. The van der Waals surface area contributed by atoms with E-state index in [-0.39, 0.29) is 17.4 Å². The molecular formula is C11H14N2O5S. The van der Waals surface area contributed by atoms with E-state index in [9.17, 15) is 13.2 Å². The third kappa shape index (κ3) is 3.29. The lowest BCUT2D eigenvalue weighted by molar-refractivity contribution is -0.137. The van der Waals surface area contributed by atoms with Gasteiger partial charge in [-0.2, -0.15) is 0 Å². The molecule has 2 unspecified atom stereocenters. The van der Waals surface area contributed by atoms with Crippen LogP contribution in [0.2, 0.25) is 0 Å². The highest BCUT2D eigenvalue weighted by atomic mass is 32.2.